The molecule has 1 atom stereocenters. The minimum atomic E-state index is -0.939. The van der Waals surface area contributed by atoms with Crippen molar-refractivity contribution in [2.75, 3.05) is 19.8 Å². The molecule has 0 aliphatic carbocycles. The Balaban J connectivity index is 2.78. The average molecular weight is 188 g/mol. The van der Waals surface area contributed by atoms with Crippen LogP contribution in [0.1, 0.15) is 13.8 Å². The zero-order chi connectivity index (χ0) is 10.1. The van der Waals surface area contributed by atoms with Crippen molar-refractivity contribution >= 4 is 6.09 Å². The number of carbonyl (C=O) groups is 1. The summed E-state index contributed by atoms with van der Waals surface area (Å²) in [6.07, 6.45) is -0.939. The van der Waals surface area contributed by atoms with E-state index in [-0.39, 0.29) is 6.04 Å². The number of amides is 1. The largest absolute Gasteiger partial charge is 0.465 e. The maximum absolute atomic E-state index is 10.9. The van der Waals surface area contributed by atoms with Crippen molar-refractivity contribution in [1.29, 1.82) is 0 Å². The molecule has 1 heterocycles. The van der Waals surface area contributed by atoms with Crippen molar-refractivity contribution in [3.63, 3.8) is 0 Å². The predicted molar refractivity (Wildman–Crippen MR) is 47.6 cm³/mol. The molecule has 1 aliphatic heterocycles. The SMILES string of the molecule is CC1(C)COCC(N)CN1C(=O)O. The van der Waals surface area contributed by atoms with Gasteiger partial charge in [-0.1, -0.05) is 0 Å². The number of nitrogens with two attached hydrogens (primary N) is 1. The topological polar surface area (TPSA) is 75.8 Å². The first kappa shape index (κ1) is 10.3. The third-order valence-electron chi connectivity index (χ3n) is 2.17. The van der Waals surface area contributed by atoms with Gasteiger partial charge in [0.15, 0.2) is 0 Å². The van der Waals surface area contributed by atoms with Gasteiger partial charge in [-0.05, 0) is 13.8 Å². The van der Waals surface area contributed by atoms with Gasteiger partial charge >= 0.3 is 6.09 Å². The number of hydrogen-bond acceptors (Lipinski definition) is 3. The lowest BCUT2D eigenvalue weighted by atomic mass is 10.1. The fraction of sp³-hybridized carbons (Fsp3) is 0.875. The summed E-state index contributed by atoms with van der Waals surface area (Å²) in [6.45, 7) is 4.82. The predicted octanol–water partition coefficient (Wildman–Crippen LogP) is 0.103. The van der Waals surface area contributed by atoms with Gasteiger partial charge in [-0.15, -0.1) is 0 Å². The third kappa shape index (κ3) is 2.32. The first-order chi connectivity index (χ1) is 5.93. The van der Waals surface area contributed by atoms with Gasteiger partial charge in [0.05, 0.1) is 18.8 Å². The molecule has 76 valence electrons. The highest BCUT2D eigenvalue weighted by atomic mass is 16.5. The molecule has 1 aliphatic rings. The van der Waals surface area contributed by atoms with Crippen LogP contribution in [0.4, 0.5) is 4.79 Å². The number of nitrogens with zero attached hydrogens (tertiary/aromatic N) is 1. The standard InChI is InChI=1S/C8H16N2O3/c1-8(2)5-13-4-6(9)3-10(8)7(11)12/h6H,3-5,9H2,1-2H3,(H,11,12). The van der Waals surface area contributed by atoms with E-state index in [9.17, 15) is 4.79 Å². The molecule has 5 heteroatoms. The molecule has 1 unspecified atom stereocenters. The summed E-state index contributed by atoms with van der Waals surface area (Å²) in [6, 6.07) is -0.224. The van der Waals surface area contributed by atoms with Crippen molar-refractivity contribution in [2.24, 2.45) is 5.73 Å². The van der Waals surface area contributed by atoms with Crippen LogP contribution in [-0.4, -0.2) is 47.4 Å². The second kappa shape index (κ2) is 3.51. The fourth-order valence-electron chi connectivity index (χ4n) is 1.41. The normalized spacial score (nSPS) is 28.2. The van der Waals surface area contributed by atoms with E-state index in [0.29, 0.717) is 19.8 Å². The van der Waals surface area contributed by atoms with E-state index in [0.717, 1.165) is 0 Å². The molecular formula is C8H16N2O3. The van der Waals surface area contributed by atoms with Crippen LogP contribution in [0.5, 0.6) is 0 Å². The van der Waals surface area contributed by atoms with E-state index in [4.69, 9.17) is 15.6 Å². The Morgan fingerprint density at radius 3 is 2.85 bits per heavy atom. The lowest BCUT2D eigenvalue weighted by Crippen LogP contribution is -2.51. The maximum atomic E-state index is 10.9. The van der Waals surface area contributed by atoms with E-state index >= 15 is 0 Å². The number of ether oxygens (including phenoxy) is 1. The van der Waals surface area contributed by atoms with E-state index in [2.05, 4.69) is 0 Å². The minimum absolute atomic E-state index is 0.224. The maximum Gasteiger partial charge on any atom is 0.407 e. The zero-order valence-corrected chi connectivity index (χ0v) is 7.99. The molecule has 5 nitrogen and oxygen atoms in total. The van der Waals surface area contributed by atoms with Gasteiger partial charge in [-0.25, -0.2) is 4.79 Å². The van der Waals surface area contributed by atoms with Gasteiger partial charge in [0.25, 0.3) is 0 Å². The Morgan fingerprint density at radius 1 is 1.69 bits per heavy atom. The van der Waals surface area contributed by atoms with Gasteiger partial charge in [0.1, 0.15) is 0 Å². The van der Waals surface area contributed by atoms with Crippen LogP contribution in [0.15, 0.2) is 0 Å². The van der Waals surface area contributed by atoms with Crippen LogP contribution in [0, 0.1) is 0 Å². The summed E-state index contributed by atoms with van der Waals surface area (Å²) in [4.78, 5) is 12.2. The Hall–Kier alpha value is -0.810. The molecule has 0 aromatic carbocycles. The van der Waals surface area contributed by atoms with Gasteiger partial charge in [0, 0.05) is 12.6 Å². The lowest BCUT2D eigenvalue weighted by Gasteiger charge is -2.34. The summed E-state index contributed by atoms with van der Waals surface area (Å²) in [7, 11) is 0. The summed E-state index contributed by atoms with van der Waals surface area (Å²) < 4.78 is 5.27. The van der Waals surface area contributed by atoms with Crippen LogP contribution in [0.2, 0.25) is 0 Å². The van der Waals surface area contributed by atoms with E-state index < -0.39 is 11.6 Å². The third-order valence-corrected chi connectivity index (χ3v) is 2.17. The van der Waals surface area contributed by atoms with E-state index in [1.165, 1.54) is 4.90 Å². The molecule has 0 radical (unpaired) electrons. The molecule has 3 N–H and O–H groups in total. The molecular weight excluding hydrogens is 172 g/mol. The quantitative estimate of drug-likeness (QED) is 0.565. The van der Waals surface area contributed by atoms with E-state index in [1.807, 2.05) is 13.8 Å². The average Bonchev–Trinajstić information content (AvgIpc) is 2.10. The van der Waals surface area contributed by atoms with Crippen LogP contribution in [0.25, 0.3) is 0 Å². The molecule has 1 amide bonds. The molecule has 1 rings (SSSR count). The molecule has 0 aromatic rings. The molecule has 1 fully saturated rings. The van der Waals surface area contributed by atoms with Crippen LogP contribution in [-0.2, 0) is 4.74 Å². The summed E-state index contributed by atoms with van der Waals surface area (Å²) >= 11 is 0. The monoisotopic (exact) mass is 188 g/mol. The summed E-state index contributed by atoms with van der Waals surface area (Å²) in [5, 5.41) is 8.93. The zero-order valence-electron chi connectivity index (χ0n) is 7.99. The highest BCUT2D eigenvalue weighted by Gasteiger charge is 2.34. The van der Waals surface area contributed by atoms with Crippen molar-refractivity contribution < 1.29 is 14.6 Å². The molecule has 13 heavy (non-hydrogen) atoms. The molecule has 0 spiro atoms. The van der Waals surface area contributed by atoms with Crippen molar-refractivity contribution in [3.8, 4) is 0 Å². The highest BCUT2D eigenvalue weighted by Crippen LogP contribution is 2.18. The number of carboxylic acid groups (broad SMARTS) is 1. The van der Waals surface area contributed by atoms with Gasteiger partial charge in [0.2, 0.25) is 0 Å². The van der Waals surface area contributed by atoms with Crippen LogP contribution >= 0.6 is 0 Å². The van der Waals surface area contributed by atoms with Crippen molar-refractivity contribution in [3.05, 3.63) is 0 Å². The highest BCUT2D eigenvalue weighted by molar-refractivity contribution is 5.66. The number of hydrogen-bond donors (Lipinski definition) is 2. The fourth-order valence-corrected chi connectivity index (χ4v) is 1.41. The van der Waals surface area contributed by atoms with Crippen LogP contribution < -0.4 is 5.73 Å². The van der Waals surface area contributed by atoms with Gasteiger partial charge in [-0.2, -0.15) is 0 Å². The van der Waals surface area contributed by atoms with Crippen molar-refractivity contribution in [1.82, 2.24) is 4.90 Å². The Bertz CT molecular complexity index is 206. The molecule has 0 saturated carbocycles. The Labute approximate surface area is 77.5 Å². The first-order valence-corrected chi connectivity index (χ1v) is 4.27. The first-order valence-electron chi connectivity index (χ1n) is 4.27. The van der Waals surface area contributed by atoms with Crippen LogP contribution in [0.3, 0.4) is 0 Å². The molecule has 0 bridgehead atoms. The van der Waals surface area contributed by atoms with Crippen molar-refractivity contribution in [2.45, 2.75) is 25.4 Å². The molecule has 0 aromatic heterocycles. The van der Waals surface area contributed by atoms with Gasteiger partial charge in [-0.3, -0.25) is 4.90 Å². The Kier molecular flexibility index (Phi) is 2.77. The van der Waals surface area contributed by atoms with E-state index in [1.54, 1.807) is 0 Å². The van der Waals surface area contributed by atoms with Gasteiger partial charge < -0.3 is 15.6 Å². The number of rotatable bonds is 0. The summed E-state index contributed by atoms with van der Waals surface area (Å²) in [5.41, 5.74) is 5.17. The Morgan fingerprint density at radius 2 is 2.31 bits per heavy atom. The minimum Gasteiger partial charge on any atom is -0.465 e. The summed E-state index contributed by atoms with van der Waals surface area (Å²) in [5.74, 6) is 0. The second-order valence-electron chi connectivity index (χ2n) is 3.98. The molecule has 1 saturated heterocycles. The second-order valence-corrected chi connectivity index (χ2v) is 3.98. The smallest absolute Gasteiger partial charge is 0.407 e. The lowest BCUT2D eigenvalue weighted by molar-refractivity contribution is 0.0490.